The van der Waals surface area contributed by atoms with Gasteiger partial charge in [0.15, 0.2) is 0 Å². The normalized spacial score (nSPS) is 10.7. The predicted octanol–water partition coefficient (Wildman–Crippen LogP) is 6.63. The number of hydrogen-bond acceptors (Lipinski definition) is 5. The summed E-state index contributed by atoms with van der Waals surface area (Å²) in [4.78, 5) is 37.3. The number of carboxylic acids is 1. The number of rotatable bonds is 13. The van der Waals surface area contributed by atoms with Gasteiger partial charge in [0.1, 0.15) is 0 Å². The molecule has 0 spiro atoms. The van der Waals surface area contributed by atoms with E-state index in [9.17, 15) is 24.8 Å². The van der Waals surface area contributed by atoms with Gasteiger partial charge in [-0.05, 0) is 59.7 Å². The average Bonchev–Trinajstić information content (AvgIpc) is 2.98. The molecule has 0 unspecified atom stereocenters. The molecule has 41 heavy (non-hydrogen) atoms. The molecular formula is C33H33N3O5. The standard InChI is InChI=1S/C33H33N3O5/c1-35(23-25-9-3-2-4-10-25)28-19-20-31(36(40)41)27(21-28)11-5-8-14-32(37)34-22-24-15-17-26(18-16-24)29-12-6-7-13-30(29)33(38)39/h2-4,6-7,9-10,12-13,15-21H,5,8,11,14,22-23H2,1H3,(H,34,37)(H,38,39). The van der Waals surface area contributed by atoms with E-state index in [1.165, 1.54) is 0 Å². The molecule has 210 valence electrons. The number of benzene rings is 4. The highest BCUT2D eigenvalue weighted by Crippen LogP contribution is 2.27. The van der Waals surface area contributed by atoms with Crippen molar-refractivity contribution in [3.63, 3.8) is 0 Å². The lowest BCUT2D eigenvalue weighted by atomic mass is 9.99. The molecule has 0 aromatic heterocycles. The van der Waals surface area contributed by atoms with Crippen molar-refractivity contribution in [3.8, 4) is 11.1 Å². The molecule has 0 aliphatic heterocycles. The van der Waals surface area contributed by atoms with Crippen LogP contribution in [0.4, 0.5) is 11.4 Å². The number of aryl methyl sites for hydroxylation is 1. The summed E-state index contributed by atoms with van der Waals surface area (Å²) in [5, 5.41) is 23.9. The molecule has 4 aromatic carbocycles. The van der Waals surface area contributed by atoms with E-state index >= 15 is 0 Å². The van der Waals surface area contributed by atoms with Crippen molar-refractivity contribution in [3.05, 3.63) is 129 Å². The van der Waals surface area contributed by atoms with Crippen LogP contribution >= 0.6 is 0 Å². The summed E-state index contributed by atoms with van der Waals surface area (Å²) in [5.41, 5.74) is 5.40. The first-order valence-corrected chi connectivity index (χ1v) is 13.5. The zero-order valence-corrected chi connectivity index (χ0v) is 23.0. The number of nitrogens with zero attached hydrogens (tertiary/aromatic N) is 2. The second-order valence-corrected chi connectivity index (χ2v) is 9.94. The number of nitrogens with one attached hydrogen (secondary N) is 1. The first kappa shape index (κ1) is 29.0. The number of anilines is 1. The minimum absolute atomic E-state index is 0.0869. The van der Waals surface area contributed by atoms with Gasteiger partial charge in [-0.2, -0.15) is 0 Å². The summed E-state index contributed by atoms with van der Waals surface area (Å²) < 4.78 is 0. The quantitative estimate of drug-likeness (QED) is 0.110. The lowest BCUT2D eigenvalue weighted by Gasteiger charge is -2.20. The maximum atomic E-state index is 12.4. The van der Waals surface area contributed by atoms with Crippen LogP contribution in [-0.2, 0) is 24.3 Å². The first-order valence-electron chi connectivity index (χ1n) is 13.5. The third kappa shape index (κ3) is 8.02. The Labute approximate surface area is 239 Å². The average molecular weight is 552 g/mol. The van der Waals surface area contributed by atoms with E-state index in [4.69, 9.17) is 0 Å². The Bertz CT molecular complexity index is 1500. The molecule has 1 amide bonds. The Balaban J connectivity index is 1.26. The van der Waals surface area contributed by atoms with Gasteiger partial charge < -0.3 is 15.3 Å². The number of nitro groups is 1. The summed E-state index contributed by atoms with van der Waals surface area (Å²) in [5.74, 6) is -1.06. The van der Waals surface area contributed by atoms with Gasteiger partial charge in [0, 0.05) is 43.9 Å². The van der Waals surface area contributed by atoms with Crippen LogP contribution in [0.25, 0.3) is 11.1 Å². The predicted molar refractivity (Wildman–Crippen MR) is 160 cm³/mol. The highest BCUT2D eigenvalue weighted by molar-refractivity contribution is 5.96. The molecule has 0 atom stereocenters. The zero-order valence-electron chi connectivity index (χ0n) is 23.0. The fraction of sp³-hybridized carbons (Fsp3) is 0.212. The lowest BCUT2D eigenvalue weighted by Crippen LogP contribution is -2.22. The van der Waals surface area contributed by atoms with Gasteiger partial charge in [0.25, 0.3) is 5.69 Å². The van der Waals surface area contributed by atoms with Gasteiger partial charge in [0.2, 0.25) is 5.91 Å². The summed E-state index contributed by atoms with van der Waals surface area (Å²) in [6.07, 6.45) is 2.09. The summed E-state index contributed by atoms with van der Waals surface area (Å²) in [6.45, 7) is 1.05. The molecule has 0 aliphatic carbocycles. The van der Waals surface area contributed by atoms with E-state index in [2.05, 4.69) is 10.2 Å². The molecule has 8 nitrogen and oxygen atoms in total. The Hall–Kier alpha value is -4.98. The number of unbranched alkanes of at least 4 members (excludes halogenated alkanes) is 1. The first-order chi connectivity index (χ1) is 19.8. The second-order valence-electron chi connectivity index (χ2n) is 9.94. The molecule has 0 aliphatic rings. The molecule has 4 aromatic rings. The van der Waals surface area contributed by atoms with E-state index in [1.54, 1.807) is 36.4 Å². The van der Waals surface area contributed by atoms with Crippen LogP contribution in [-0.4, -0.2) is 29.0 Å². The highest BCUT2D eigenvalue weighted by Gasteiger charge is 2.16. The molecule has 0 heterocycles. The summed E-state index contributed by atoms with van der Waals surface area (Å²) in [7, 11) is 1.96. The smallest absolute Gasteiger partial charge is 0.336 e. The van der Waals surface area contributed by atoms with Gasteiger partial charge in [-0.1, -0.05) is 72.8 Å². The third-order valence-corrected chi connectivity index (χ3v) is 6.98. The van der Waals surface area contributed by atoms with E-state index in [0.717, 1.165) is 22.4 Å². The van der Waals surface area contributed by atoms with E-state index in [0.29, 0.717) is 49.9 Å². The largest absolute Gasteiger partial charge is 0.478 e. The Kier molecular flexibility index (Phi) is 9.83. The number of hydrogen-bond donors (Lipinski definition) is 2. The number of carbonyl (C=O) groups excluding carboxylic acids is 1. The fourth-order valence-corrected chi connectivity index (χ4v) is 4.75. The molecule has 0 saturated heterocycles. The van der Waals surface area contributed by atoms with Crippen LogP contribution in [0.1, 0.15) is 46.3 Å². The Morgan fingerprint density at radius 3 is 2.29 bits per heavy atom. The molecule has 0 bridgehead atoms. The Morgan fingerprint density at radius 1 is 0.878 bits per heavy atom. The second kappa shape index (κ2) is 13.9. The number of carbonyl (C=O) groups is 2. The Morgan fingerprint density at radius 2 is 1.59 bits per heavy atom. The van der Waals surface area contributed by atoms with Crippen LogP contribution in [0.2, 0.25) is 0 Å². The SMILES string of the molecule is CN(Cc1ccccc1)c1ccc([N+](=O)[O-])c(CCCCC(=O)NCc2ccc(-c3ccccc3C(=O)O)cc2)c1. The summed E-state index contributed by atoms with van der Waals surface area (Å²) >= 11 is 0. The van der Waals surface area contributed by atoms with Crippen molar-refractivity contribution in [1.82, 2.24) is 5.32 Å². The minimum Gasteiger partial charge on any atom is -0.478 e. The van der Waals surface area contributed by atoms with Crippen molar-refractivity contribution >= 4 is 23.3 Å². The molecule has 0 fully saturated rings. The monoisotopic (exact) mass is 551 g/mol. The van der Waals surface area contributed by atoms with Crippen molar-refractivity contribution in [2.24, 2.45) is 0 Å². The summed E-state index contributed by atoms with van der Waals surface area (Å²) in [6, 6.07) is 29.5. The lowest BCUT2D eigenvalue weighted by molar-refractivity contribution is -0.385. The van der Waals surface area contributed by atoms with Crippen LogP contribution in [0.3, 0.4) is 0 Å². The van der Waals surface area contributed by atoms with Crippen molar-refractivity contribution in [1.29, 1.82) is 0 Å². The zero-order chi connectivity index (χ0) is 29.2. The van der Waals surface area contributed by atoms with Gasteiger partial charge in [-0.15, -0.1) is 0 Å². The van der Waals surface area contributed by atoms with Gasteiger partial charge >= 0.3 is 5.97 Å². The number of nitro benzene ring substituents is 1. The molecule has 8 heteroatoms. The third-order valence-electron chi connectivity index (χ3n) is 6.98. The topological polar surface area (TPSA) is 113 Å². The number of amides is 1. The molecule has 0 saturated carbocycles. The van der Waals surface area contributed by atoms with E-state index in [-0.39, 0.29) is 22.1 Å². The van der Waals surface area contributed by atoms with E-state index in [1.807, 2.05) is 67.7 Å². The van der Waals surface area contributed by atoms with E-state index < -0.39 is 5.97 Å². The van der Waals surface area contributed by atoms with Gasteiger partial charge in [0.05, 0.1) is 10.5 Å². The number of aromatic carboxylic acids is 1. The fourth-order valence-electron chi connectivity index (χ4n) is 4.75. The van der Waals surface area contributed by atoms with Crippen LogP contribution in [0.15, 0.2) is 97.1 Å². The number of carboxylic acid groups (broad SMARTS) is 1. The van der Waals surface area contributed by atoms with Crippen molar-refractivity contribution in [2.45, 2.75) is 38.8 Å². The van der Waals surface area contributed by atoms with Crippen molar-refractivity contribution in [2.75, 3.05) is 11.9 Å². The molecular weight excluding hydrogens is 518 g/mol. The van der Waals surface area contributed by atoms with Gasteiger partial charge in [-0.25, -0.2) is 4.79 Å². The molecule has 4 rings (SSSR count). The van der Waals surface area contributed by atoms with Crippen LogP contribution < -0.4 is 10.2 Å². The maximum Gasteiger partial charge on any atom is 0.336 e. The van der Waals surface area contributed by atoms with Crippen LogP contribution in [0.5, 0.6) is 0 Å². The maximum absolute atomic E-state index is 12.4. The minimum atomic E-state index is -0.977. The van der Waals surface area contributed by atoms with Gasteiger partial charge in [-0.3, -0.25) is 14.9 Å². The molecule has 2 N–H and O–H groups in total. The van der Waals surface area contributed by atoms with Crippen LogP contribution in [0, 0.1) is 10.1 Å². The molecule has 0 radical (unpaired) electrons. The van der Waals surface area contributed by atoms with Crippen molar-refractivity contribution < 1.29 is 19.6 Å². The highest BCUT2D eigenvalue weighted by atomic mass is 16.6.